The third kappa shape index (κ3) is 3.32. The SMILES string of the molecule is CO[C@@]12CC[C@@H](Oc3ccccn3)C[C@@H]1N(c1cncc(C(N)=O)n1)CC2. The Labute approximate surface area is 157 Å². The number of nitrogens with two attached hydrogens (primary N) is 1. The molecule has 0 bridgehead atoms. The smallest absolute Gasteiger partial charge is 0.268 e. The molecule has 2 aliphatic rings. The summed E-state index contributed by atoms with van der Waals surface area (Å²) in [6.07, 6.45) is 8.30. The average Bonchev–Trinajstić information content (AvgIpc) is 3.08. The summed E-state index contributed by atoms with van der Waals surface area (Å²) in [5.41, 5.74) is 5.29. The maximum absolute atomic E-state index is 11.5. The van der Waals surface area contributed by atoms with E-state index in [2.05, 4.69) is 19.9 Å². The molecule has 1 amide bonds. The highest BCUT2D eigenvalue weighted by Gasteiger charge is 2.52. The molecule has 0 spiro atoms. The first kappa shape index (κ1) is 17.7. The summed E-state index contributed by atoms with van der Waals surface area (Å²) in [6.45, 7) is 0.783. The lowest BCUT2D eigenvalue weighted by atomic mass is 9.79. The highest BCUT2D eigenvalue weighted by molar-refractivity contribution is 5.90. The minimum Gasteiger partial charge on any atom is -0.474 e. The van der Waals surface area contributed by atoms with E-state index in [-0.39, 0.29) is 23.4 Å². The number of ether oxygens (including phenoxy) is 2. The van der Waals surface area contributed by atoms with Gasteiger partial charge in [-0.15, -0.1) is 0 Å². The van der Waals surface area contributed by atoms with Gasteiger partial charge in [0.1, 0.15) is 17.6 Å². The Bertz CT molecular complexity index is 818. The first-order chi connectivity index (χ1) is 13.1. The Kier molecular flexibility index (Phi) is 4.65. The second-order valence-electron chi connectivity index (χ2n) is 7.04. The number of primary amides is 1. The fourth-order valence-electron chi connectivity index (χ4n) is 4.24. The van der Waals surface area contributed by atoms with Gasteiger partial charge in [0.05, 0.1) is 24.0 Å². The van der Waals surface area contributed by atoms with E-state index in [4.69, 9.17) is 15.2 Å². The van der Waals surface area contributed by atoms with Crippen molar-refractivity contribution in [3.63, 3.8) is 0 Å². The summed E-state index contributed by atoms with van der Waals surface area (Å²) < 4.78 is 12.1. The largest absolute Gasteiger partial charge is 0.474 e. The van der Waals surface area contributed by atoms with Crippen LogP contribution in [0.25, 0.3) is 0 Å². The van der Waals surface area contributed by atoms with Crippen molar-refractivity contribution in [2.24, 2.45) is 5.73 Å². The van der Waals surface area contributed by atoms with Gasteiger partial charge in [0.2, 0.25) is 5.88 Å². The van der Waals surface area contributed by atoms with Crippen LogP contribution < -0.4 is 15.4 Å². The van der Waals surface area contributed by atoms with Gasteiger partial charge in [0.15, 0.2) is 0 Å². The molecular formula is C19H23N5O3. The quantitative estimate of drug-likeness (QED) is 0.853. The summed E-state index contributed by atoms with van der Waals surface area (Å²) in [6, 6.07) is 5.73. The molecule has 1 aliphatic carbocycles. The standard InChI is InChI=1S/C19H23N5O3/c1-26-19-6-5-13(27-17-4-2-3-8-22-17)10-15(19)24(9-7-19)16-12-21-11-14(23-16)18(20)25/h2-4,8,11-13,15H,5-7,9-10H2,1H3,(H2,20,25)/t13-,15+,19-/m1/s1. The molecule has 3 atom stereocenters. The summed E-state index contributed by atoms with van der Waals surface area (Å²) in [5.74, 6) is 0.697. The predicted molar refractivity (Wildman–Crippen MR) is 98.5 cm³/mol. The summed E-state index contributed by atoms with van der Waals surface area (Å²) in [7, 11) is 1.77. The third-order valence-corrected chi connectivity index (χ3v) is 5.64. The molecule has 2 N–H and O–H groups in total. The van der Waals surface area contributed by atoms with Crippen LogP contribution in [0.1, 0.15) is 36.2 Å². The van der Waals surface area contributed by atoms with Crippen LogP contribution in [0, 0.1) is 0 Å². The molecule has 2 fully saturated rings. The molecule has 8 heteroatoms. The molecule has 0 radical (unpaired) electrons. The molecular weight excluding hydrogens is 346 g/mol. The maximum atomic E-state index is 11.5. The van der Waals surface area contributed by atoms with Gasteiger partial charge in [-0.2, -0.15) is 0 Å². The normalized spacial score (nSPS) is 27.2. The molecule has 1 aliphatic heterocycles. The minimum atomic E-state index is -0.582. The number of fused-ring (bicyclic) bond motifs is 1. The van der Waals surface area contributed by atoms with E-state index < -0.39 is 5.91 Å². The first-order valence-electron chi connectivity index (χ1n) is 9.13. The van der Waals surface area contributed by atoms with Crippen LogP contribution in [0.2, 0.25) is 0 Å². The molecule has 0 unspecified atom stereocenters. The Morgan fingerprint density at radius 1 is 1.33 bits per heavy atom. The van der Waals surface area contributed by atoms with Crippen molar-refractivity contribution < 1.29 is 14.3 Å². The molecule has 27 heavy (non-hydrogen) atoms. The van der Waals surface area contributed by atoms with Gasteiger partial charge in [-0.3, -0.25) is 9.78 Å². The topological polar surface area (TPSA) is 103 Å². The minimum absolute atomic E-state index is 0.0426. The number of pyridine rings is 1. The second-order valence-corrected chi connectivity index (χ2v) is 7.04. The maximum Gasteiger partial charge on any atom is 0.268 e. The Balaban J connectivity index is 1.57. The number of hydrogen-bond donors (Lipinski definition) is 1. The predicted octanol–water partition coefficient (Wildman–Crippen LogP) is 1.57. The van der Waals surface area contributed by atoms with Crippen molar-refractivity contribution in [3.05, 3.63) is 42.5 Å². The number of methoxy groups -OCH3 is 1. The van der Waals surface area contributed by atoms with Gasteiger partial charge in [0, 0.05) is 32.3 Å². The lowest BCUT2D eigenvalue weighted by Crippen LogP contribution is -2.52. The zero-order valence-corrected chi connectivity index (χ0v) is 15.2. The van der Waals surface area contributed by atoms with E-state index in [1.54, 1.807) is 19.5 Å². The van der Waals surface area contributed by atoms with Gasteiger partial charge in [-0.1, -0.05) is 6.07 Å². The number of hydrogen-bond acceptors (Lipinski definition) is 7. The Morgan fingerprint density at radius 2 is 2.22 bits per heavy atom. The van der Waals surface area contributed by atoms with Gasteiger partial charge in [-0.25, -0.2) is 9.97 Å². The Morgan fingerprint density at radius 3 is 2.96 bits per heavy atom. The lowest BCUT2D eigenvalue weighted by Gasteiger charge is -2.43. The van der Waals surface area contributed by atoms with E-state index in [9.17, 15) is 4.79 Å². The Hall–Kier alpha value is -2.74. The van der Waals surface area contributed by atoms with Gasteiger partial charge >= 0.3 is 0 Å². The van der Waals surface area contributed by atoms with E-state index in [1.165, 1.54) is 6.20 Å². The van der Waals surface area contributed by atoms with E-state index in [1.807, 2.05) is 18.2 Å². The highest BCUT2D eigenvalue weighted by Crippen LogP contribution is 2.44. The van der Waals surface area contributed by atoms with Gasteiger partial charge in [-0.05, 0) is 25.3 Å². The molecule has 3 heterocycles. The van der Waals surface area contributed by atoms with Crippen LogP contribution in [0.5, 0.6) is 5.88 Å². The zero-order valence-electron chi connectivity index (χ0n) is 15.2. The summed E-state index contributed by atoms with van der Waals surface area (Å²) >= 11 is 0. The van der Waals surface area contributed by atoms with Crippen molar-refractivity contribution in [1.29, 1.82) is 0 Å². The van der Waals surface area contributed by atoms with Crippen molar-refractivity contribution in [1.82, 2.24) is 15.0 Å². The number of carbonyl (C=O) groups excluding carboxylic acids is 1. The van der Waals surface area contributed by atoms with Crippen LogP contribution in [-0.2, 0) is 4.74 Å². The van der Waals surface area contributed by atoms with Crippen molar-refractivity contribution in [2.75, 3.05) is 18.6 Å². The molecule has 2 aromatic heterocycles. The zero-order chi connectivity index (χ0) is 18.9. The molecule has 1 saturated carbocycles. The van der Waals surface area contributed by atoms with Gasteiger partial charge in [0.25, 0.3) is 5.91 Å². The summed E-state index contributed by atoms with van der Waals surface area (Å²) in [4.78, 5) is 26.4. The number of rotatable bonds is 5. The monoisotopic (exact) mass is 369 g/mol. The van der Waals surface area contributed by atoms with Crippen molar-refractivity contribution >= 4 is 11.7 Å². The molecule has 4 rings (SSSR count). The number of anilines is 1. The second kappa shape index (κ2) is 7.11. The fourth-order valence-corrected chi connectivity index (χ4v) is 4.24. The van der Waals surface area contributed by atoms with Crippen LogP contribution in [-0.4, -0.2) is 52.3 Å². The number of aromatic nitrogens is 3. The van der Waals surface area contributed by atoms with E-state index in [0.29, 0.717) is 11.7 Å². The van der Waals surface area contributed by atoms with Crippen LogP contribution >= 0.6 is 0 Å². The van der Waals surface area contributed by atoms with Crippen molar-refractivity contribution in [3.8, 4) is 5.88 Å². The molecule has 2 aromatic rings. The van der Waals surface area contributed by atoms with Crippen LogP contribution in [0.4, 0.5) is 5.82 Å². The fraction of sp³-hybridized carbons (Fsp3) is 0.474. The third-order valence-electron chi connectivity index (χ3n) is 5.64. The van der Waals surface area contributed by atoms with Gasteiger partial charge < -0.3 is 20.1 Å². The van der Waals surface area contributed by atoms with Crippen LogP contribution in [0.3, 0.4) is 0 Å². The number of carbonyl (C=O) groups is 1. The van der Waals surface area contributed by atoms with E-state index in [0.717, 1.165) is 32.2 Å². The van der Waals surface area contributed by atoms with Crippen LogP contribution in [0.15, 0.2) is 36.8 Å². The average molecular weight is 369 g/mol. The van der Waals surface area contributed by atoms with Crippen molar-refractivity contribution in [2.45, 2.75) is 43.4 Å². The number of nitrogens with zero attached hydrogens (tertiary/aromatic N) is 4. The first-order valence-corrected chi connectivity index (χ1v) is 9.13. The van der Waals surface area contributed by atoms with E-state index >= 15 is 0 Å². The molecule has 142 valence electrons. The molecule has 8 nitrogen and oxygen atoms in total. The molecule has 0 aromatic carbocycles. The highest BCUT2D eigenvalue weighted by atomic mass is 16.5. The number of amides is 1. The molecule has 1 saturated heterocycles. The summed E-state index contributed by atoms with van der Waals surface area (Å²) in [5, 5.41) is 0. The lowest BCUT2D eigenvalue weighted by molar-refractivity contribution is -0.0607.